The third-order valence-electron chi connectivity index (χ3n) is 2.81. The van der Waals surface area contributed by atoms with Gasteiger partial charge in [0.15, 0.2) is 5.69 Å². The van der Waals surface area contributed by atoms with Crippen molar-refractivity contribution >= 4 is 11.6 Å². The summed E-state index contributed by atoms with van der Waals surface area (Å²) in [6.45, 7) is 8.13. The van der Waals surface area contributed by atoms with Gasteiger partial charge in [-0.25, -0.2) is 9.78 Å². The average molecular weight is 246 g/mol. The quantitative estimate of drug-likeness (QED) is 0.886. The van der Waals surface area contributed by atoms with Crippen molar-refractivity contribution < 1.29 is 9.90 Å². The molecule has 0 bridgehead atoms. The molecule has 4 nitrogen and oxygen atoms in total. The fraction of sp³-hybridized carbons (Fsp3) is 0.429. The van der Waals surface area contributed by atoms with Crippen LogP contribution in [0.1, 0.15) is 42.6 Å². The van der Waals surface area contributed by atoms with E-state index in [9.17, 15) is 9.90 Å². The molecule has 2 aromatic rings. The van der Waals surface area contributed by atoms with E-state index >= 15 is 0 Å². The molecule has 0 aliphatic heterocycles. The lowest BCUT2D eigenvalue weighted by molar-refractivity contribution is 0.0687. The van der Waals surface area contributed by atoms with Crippen LogP contribution >= 0.6 is 0 Å². The number of aromatic carboxylic acids is 1. The SMILES string of the molecule is Cc1cccc2nc(CC(C)(C)C)c(C(=O)O)n12. The van der Waals surface area contributed by atoms with Crippen LogP contribution in [0.2, 0.25) is 0 Å². The Morgan fingerprint density at radius 3 is 2.61 bits per heavy atom. The Morgan fingerprint density at radius 1 is 1.39 bits per heavy atom. The van der Waals surface area contributed by atoms with Gasteiger partial charge in [0.2, 0.25) is 0 Å². The summed E-state index contributed by atoms with van der Waals surface area (Å²) in [5.41, 5.74) is 2.54. The number of aryl methyl sites for hydroxylation is 1. The number of hydrogen-bond acceptors (Lipinski definition) is 2. The predicted molar refractivity (Wildman–Crippen MR) is 70.0 cm³/mol. The van der Waals surface area contributed by atoms with Crippen molar-refractivity contribution in [2.45, 2.75) is 34.1 Å². The van der Waals surface area contributed by atoms with Gasteiger partial charge >= 0.3 is 5.97 Å². The highest BCUT2D eigenvalue weighted by atomic mass is 16.4. The molecule has 0 aliphatic rings. The standard InChI is InChI=1S/C14H18N2O2/c1-9-6-5-7-11-15-10(8-14(2,3)4)12(13(17)18)16(9)11/h5-7H,8H2,1-4H3,(H,17,18). The minimum absolute atomic E-state index is 0.00996. The normalized spacial score (nSPS) is 12.0. The molecule has 18 heavy (non-hydrogen) atoms. The molecule has 2 rings (SSSR count). The molecule has 4 heteroatoms. The lowest BCUT2D eigenvalue weighted by Crippen LogP contribution is -2.14. The van der Waals surface area contributed by atoms with Crippen LogP contribution in [0.5, 0.6) is 0 Å². The van der Waals surface area contributed by atoms with Crippen LogP contribution in [0.25, 0.3) is 5.65 Å². The summed E-state index contributed by atoms with van der Waals surface area (Å²) < 4.78 is 1.71. The Balaban J connectivity index is 2.70. The monoisotopic (exact) mass is 246 g/mol. The minimum Gasteiger partial charge on any atom is -0.477 e. The summed E-state index contributed by atoms with van der Waals surface area (Å²) in [4.78, 5) is 15.9. The minimum atomic E-state index is -0.920. The summed E-state index contributed by atoms with van der Waals surface area (Å²) in [5, 5.41) is 9.41. The number of fused-ring (bicyclic) bond motifs is 1. The van der Waals surface area contributed by atoms with Crippen LogP contribution in [0.4, 0.5) is 0 Å². The topological polar surface area (TPSA) is 54.6 Å². The number of nitrogens with zero attached hydrogens (tertiary/aromatic N) is 2. The van der Waals surface area contributed by atoms with Crippen LogP contribution in [-0.2, 0) is 6.42 Å². The maximum Gasteiger partial charge on any atom is 0.354 e. The number of pyridine rings is 1. The zero-order valence-corrected chi connectivity index (χ0v) is 11.2. The maximum atomic E-state index is 11.5. The summed E-state index contributed by atoms with van der Waals surface area (Å²) in [5.74, 6) is -0.920. The van der Waals surface area contributed by atoms with Crippen LogP contribution in [-0.4, -0.2) is 20.5 Å². The largest absolute Gasteiger partial charge is 0.477 e. The van der Waals surface area contributed by atoms with Gasteiger partial charge in [0.05, 0.1) is 5.69 Å². The number of rotatable bonds is 2. The first-order valence-corrected chi connectivity index (χ1v) is 6.00. The molecule has 2 heterocycles. The van der Waals surface area contributed by atoms with Gasteiger partial charge in [0, 0.05) is 5.69 Å². The molecule has 1 N–H and O–H groups in total. The molecule has 2 aromatic heterocycles. The van der Waals surface area contributed by atoms with Gasteiger partial charge in [-0.15, -0.1) is 0 Å². The number of imidazole rings is 1. The Morgan fingerprint density at radius 2 is 2.06 bits per heavy atom. The third kappa shape index (κ3) is 2.23. The molecule has 0 spiro atoms. The molecule has 0 radical (unpaired) electrons. The Labute approximate surface area is 106 Å². The maximum absolute atomic E-state index is 11.5. The molecule has 0 fully saturated rings. The molecule has 0 atom stereocenters. The highest BCUT2D eigenvalue weighted by Gasteiger charge is 2.23. The first-order chi connectivity index (χ1) is 8.29. The van der Waals surface area contributed by atoms with Crippen molar-refractivity contribution in [3.05, 3.63) is 35.3 Å². The van der Waals surface area contributed by atoms with Gasteiger partial charge in [-0.1, -0.05) is 26.8 Å². The van der Waals surface area contributed by atoms with E-state index in [4.69, 9.17) is 0 Å². The highest BCUT2D eigenvalue weighted by molar-refractivity contribution is 5.88. The predicted octanol–water partition coefficient (Wildman–Crippen LogP) is 2.93. The van der Waals surface area contributed by atoms with Gasteiger partial charge in [0.1, 0.15) is 5.65 Å². The smallest absolute Gasteiger partial charge is 0.354 e. The summed E-state index contributed by atoms with van der Waals surface area (Å²) in [6, 6.07) is 5.62. The Bertz CT molecular complexity index is 606. The highest BCUT2D eigenvalue weighted by Crippen LogP contribution is 2.24. The molecular formula is C14H18N2O2. The third-order valence-corrected chi connectivity index (χ3v) is 2.81. The average Bonchev–Trinajstić information content (AvgIpc) is 2.54. The summed E-state index contributed by atoms with van der Waals surface area (Å²) in [7, 11) is 0. The fourth-order valence-electron chi connectivity index (χ4n) is 2.15. The van der Waals surface area contributed by atoms with Gasteiger partial charge < -0.3 is 5.11 Å². The summed E-state index contributed by atoms with van der Waals surface area (Å²) >= 11 is 0. The van der Waals surface area contributed by atoms with Gasteiger partial charge in [-0.3, -0.25) is 4.40 Å². The van der Waals surface area contributed by atoms with Crippen molar-refractivity contribution in [3.63, 3.8) is 0 Å². The molecule has 0 unspecified atom stereocenters. The molecule has 0 aromatic carbocycles. The second kappa shape index (κ2) is 4.12. The summed E-state index contributed by atoms with van der Waals surface area (Å²) in [6.07, 6.45) is 0.649. The zero-order valence-electron chi connectivity index (χ0n) is 11.2. The number of carboxylic acid groups (broad SMARTS) is 1. The molecule has 96 valence electrons. The first-order valence-electron chi connectivity index (χ1n) is 6.00. The van der Waals surface area contributed by atoms with Crippen molar-refractivity contribution in [1.82, 2.24) is 9.38 Å². The van der Waals surface area contributed by atoms with E-state index in [-0.39, 0.29) is 11.1 Å². The van der Waals surface area contributed by atoms with Crippen molar-refractivity contribution in [1.29, 1.82) is 0 Å². The van der Waals surface area contributed by atoms with Gasteiger partial charge in [-0.2, -0.15) is 0 Å². The second-order valence-electron chi connectivity index (χ2n) is 5.81. The zero-order chi connectivity index (χ0) is 13.5. The van der Waals surface area contributed by atoms with E-state index in [2.05, 4.69) is 25.8 Å². The van der Waals surface area contributed by atoms with E-state index in [0.717, 1.165) is 5.69 Å². The molecule has 0 aliphatic carbocycles. The number of hydrogen-bond donors (Lipinski definition) is 1. The van der Waals surface area contributed by atoms with E-state index in [0.29, 0.717) is 17.8 Å². The lowest BCUT2D eigenvalue weighted by Gasteiger charge is -2.16. The van der Waals surface area contributed by atoms with E-state index in [1.807, 2.05) is 25.1 Å². The Kier molecular flexibility index (Phi) is 2.89. The van der Waals surface area contributed by atoms with Crippen LogP contribution < -0.4 is 0 Å². The van der Waals surface area contributed by atoms with E-state index in [1.165, 1.54) is 0 Å². The first kappa shape index (κ1) is 12.6. The number of carboxylic acids is 1. The van der Waals surface area contributed by atoms with Crippen LogP contribution in [0.3, 0.4) is 0 Å². The fourth-order valence-corrected chi connectivity index (χ4v) is 2.15. The van der Waals surface area contributed by atoms with E-state index in [1.54, 1.807) is 4.40 Å². The van der Waals surface area contributed by atoms with Crippen molar-refractivity contribution in [2.24, 2.45) is 5.41 Å². The van der Waals surface area contributed by atoms with Gasteiger partial charge in [0.25, 0.3) is 0 Å². The Hall–Kier alpha value is -1.84. The molecule has 0 saturated carbocycles. The molecule has 0 saturated heterocycles. The van der Waals surface area contributed by atoms with Crippen molar-refractivity contribution in [3.8, 4) is 0 Å². The number of aromatic nitrogens is 2. The van der Waals surface area contributed by atoms with Crippen LogP contribution in [0, 0.1) is 12.3 Å². The van der Waals surface area contributed by atoms with E-state index < -0.39 is 5.97 Å². The van der Waals surface area contributed by atoms with Crippen LogP contribution in [0.15, 0.2) is 18.2 Å². The number of carbonyl (C=O) groups is 1. The lowest BCUT2D eigenvalue weighted by atomic mass is 9.90. The molecular weight excluding hydrogens is 228 g/mol. The van der Waals surface area contributed by atoms with Gasteiger partial charge in [-0.05, 0) is 30.9 Å². The van der Waals surface area contributed by atoms with Crippen molar-refractivity contribution in [2.75, 3.05) is 0 Å². The molecule has 0 amide bonds. The second-order valence-corrected chi connectivity index (χ2v) is 5.81.